The van der Waals surface area contributed by atoms with Crippen molar-refractivity contribution in [3.63, 3.8) is 0 Å². The van der Waals surface area contributed by atoms with Gasteiger partial charge in [0.15, 0.2) is 0 Å². The van der Waals surface area contributed by atoms with E-state index in [9.17, 15) is 9.59 Å². The molecule has 0 bridgehead atoms. The molecule has 2 unspecified atom stereocenters. The van der Waals surface area contributed by atoms with Gasteiger partial charge >= 0.3 is 0 Å². The molecule has 8 heteroatoms. The normalized spacial score (nSPS) is 21.5. The molecule has 1 rings (SSSR count). The van der Waals surface area contributed by atoms with Gasteiger partial charge in [-0.05, 0) is 14.0 Å². The summed E-state index contributed by atoms with van der Waals surface area (Å²) in [6.45, 7) is 4.29. The molecular weight excluding hydrogens is 279 g/mol. The topological polar surface area (TPSA) is 92.7 Å². The average Bonchev–Trinajstić information content (AvgIpc) is 2.15. The number of nitrogens with zero attached hydrogens (tertiary/aromatic N) is 2. The van der Waals surface area contributed by atoms with Gasteiger partial charge in [0.25, 0.3) is 0 Å². The van der Waals surface area contributed by atoms with E-state index < -0.39 is 11.9 Å². The number of carbonyl (C=O) groups excluding carboxylic acids is 2. The average molecular weight is 301 g/mol. The van der Waals surface area contributed by atoms with Gasteiger partial charge in [-0.3, -0.25) is 9.59 Å². The molecule has 18 heavy (non-hydrogen) atoms. The van der Waals surface area contributed by atoms with Crippen LogP contribution >= 0.6 is 24.8 Å². The van der Waals surface area contributed by atoms with Crippen molar-refractivity contribution in [2.75, 3.05) is 26.7 Å². The molecule has 1 heterocycles. The fourth-order valence-electron chi connectivity index (χ4n) is 1.98. The third-order valence-corrected chi connectivity index (χ3v) is 2.85. The molecule has 0 aromatic carbocycles. The lowest BCUT2D eigenvalue weighted by Crippen LogP contribution is -2.57. The Morgan fingerprint density at radius 3 is 2.33 bits per heavy atom. The van der Waals surface area contributed by atoms with Crippen molar-refractivity contribution in [3.05, 3.63) is 0 Å². The maximum absolute atomic E-state index is 11.9. The zero-order valence-corrected chi connectivity index (χ0v) is 12.3. The molecular formula is C10H22Cl2N4O2. The Morgan fingerprint density at radius 1 is 1.33 bits per heavy atom. The van der Waals surface area contributed by atoms with Gasteiger partial charge in [0.2, 0.25) is 11.8 Å². The Morgan fingerprint density at radius 2 is 1.89 bits per heavy atom. The first-order valence-corrected chi connectivity index (χ1v) is 5.44. The third kappa shape index (κ3) is 5.39. The molecule has 0 radical (unpaired) electrons. The van der Waals surface area contributed by atoms with Crippen molar-refractivity contribution in [2.45, 2.75) is 25.4 Å². The second-order valence-corrected chi connectivity index (χ2v) is 4.42. The Kier molecular flexibility index (Phi) is 9.37. The number of nitrogens with two attached hydrogens (primary N) is 2. The van der Waals surface area contributed by atoms with Crippen molar-refractivity contribution in [2.24, 2.45) is 11.5 Å². The summed E-state index contributed by atoms with van der Waals surface area (Å²) in [6.07, 6.45) is -0.0854. The summed E-state index contributed by atoms with van der Waals surface area (Å²) in [6, 6.07) is -0.673. The number of carbonyl (C=O) groups is 2. The van der Waals surface area contributed by atoms with Crippen LogP contribution in [0.4, 0.5) is 0 Å². The van der Waals surface area contributed by atoms with E-state index in [2.05, 4.69) is 4.90 Å². The van der Waals surface area contributed by atoms with Crippen LogP contribution in [0.2, 0.25) is 0 Å². The third-order valence-electron chi connectivity index (χ3n) is 2.85. The van der Waals surface area contributed by atoms with Crippen LogP contribution in [0.1, 0.15) is 13.3 Å². The van der Waals surface area contributed by atoms with Gasteiger partial charge < -0.3 is 21.3 Å². The van der Waals surface area contributed by atoms with Crippen molar-refractivity contribution in [1.29, 1.82) is 0 Å². The van der Waals surface area contributed by atoms with E-state index in [1.807, 2.05) is 14.0 Å². The van der Waals surface area contributed by atoms with E-state index in [-0.39, 0.29) is 43.2 Å². The van der Waals surface area contributed by atoms with E-state index in [1.165, 1.54) is 0 Å². The minimum Gasteiger partial charge on any atom is -0.370 e. The molecule has 1 aliphatic rings. The maximum Gasteiger partial charge on any atom is 0.240 e. The Labute approximate surface area is 120 Å². The fourth-order valence-corrected chi connectivity index (χ4v) is 1.98. The number of amides is 2. The predicted molar refractivity (Wildman–Crippen MR) is 75.0 cm³/mol. The number of hydrogen-bond acceptors (Lipinski definition) is 4. The van der Waals surface area contributed by atoms with E-state index >= 15 is 0 Å². The minimum atomic E-state index is -0.802. The molecule has 0 saturated carbocycles. The lowest BCUT2D eigenvalue weighted by molar-refractivity contribution is -0.138. The summed E-state index contributed by atoms with van der Waals surface area (Å²) >= 11 is 0. The minimum absolute atomic E-state index is 0. The first-order chi connectivity index (χ1) is 7.41. The van der Waals surface area contributed by atoms with Gasteiger partial charge in [-0.1, -0.05) is 0 Å². The first-order valence-electron chi connectivity index (χ1n) is 5.44. The summed E-state index contributed by atoms with van der Waals surface area (Å²) in [4.78, 5) is 26.5. The van der Waals surface area contributed by atoms with E-state index in [0.29, 0.717) is 6.54 Å². The van der Waals surface area contributed by atoms with Gasteiger partial charge in [0, 0.05) is 25.7 Å². The van der Waals surface area contributed by atoms with Crippen LogP contribution in [0.3, 0.4) is 0 Å². The Balaban J connectivity index is 0. The Hall–Kier alpha value is -0.560. The SMILES string of the molecule is CC1CN(C)CCN1C(=O)C(N)CC(N)=O.Cl.Cl. The van der Waals surface area contributed by atoms with E-state index in [0.717, 1.165) is 13.1 Å². The molecule has 0 aromatic rings. The molecule has 1 aliphatic heterocycles. The molecule has 2 atom stereocenters. The molecule has 6 nitrogen and oxygen atoms in total. The van der Waals surface area contributed by atoms with Gasteiger partial charge in [-0.2, -0.15) is 0 Å². The predicted octanol–water partition coefficient (Wildman–Crippen LogP) is -0.805. The number of primary amides is 1. The second kappa shape index (κ2) is 8.53. The van der Waals surface area contributed by atoms with E-state index in [1.54, 1.807) is 4.90 Å². The molecule has 1 fully saturated rings. The van der Waals surface area contributed by atoms with Crippen molar-refractivity contribution in [1.82, 2.24) is 9.80 Å². The number of piperazine rings is 1. The summed E-state index contributed by atoms with van der Waals surface area (Å²) in [5.41, 5.74) is 10.7. The van der Waals surface area contributed by atoms with Gasteiger partial charge in [-0.25, -0.2) is 0 Å². The molecule has 0 aromatic heterocycles. The number of hydrogen-bond donors (Lipinski definition) is 2. The first kappa shape index (κ1) is 19.8. The van der Waals surface area contributed by atoms with Crippen LogP contribution in [-0.4, -0.2) is 60.4 Å². The highest BCUT2D eigenvalue weighted by atomic mass is 35.5. The summed E-state index contributed by atoms with van der Waals surface area (Å²) in [7, 11) is 2.02. The largest absolute Gasteiger partial charge is 0.370 e. The van der Waals surface area contributed by atoms with E-state index in [4.69, 9.17) is 11.5 Å². The summed E-state index contributed by atoms with van der Waals surface area (Å²) in [5.74, 6) is -0.720. The van der Waals surface area contributed by atoms with Crippen molar-refractivity contribution in [3.8, 4) is 0 Å². The summed E-state index contributed by atoms with van der Waals surface area (Å²) < 4.78 is 0. The highest BCUT2D eigenvalue weighted by molar-refractivity contribution is 5.87. The van der Waals surface area contributed by atoms with Crippen LogP contribution in [-0.2, 0) is 9.59 Å². The smallest absolute Gasteiger partial charge is 0.240 e. The van der Waals surface area contributed by atoms with Crippen molar-refractivity contribution >= 4 is 36.6 Å². The van der Waals surface area contributed by atoms with Gasteiger partial charge in [-0.15, -0.1) is 24.8 Å². The molecule has 0 spiro atoms. The van der Waals surface area contributed by atoms with Crippen molar-refractivity contribution < 1.29 is 9.59 Å². The number of rotatable bonds is 3. The zero-order valence-electron chi connectivity index (χ0n) is 10.7. The fraction of sp³-hybridized carbons (Fsp3) is 0.800. The molecule has 4 N–H and O–H groups in total. The molecule has 108 valence electrons. The quantitative estimate of drug-likeness (QED) is 0.713. The van der Waals surface area contributed by atoms with Gasteiger partial charge in [0.05, 0.1) is 12.5 Å². The molecule has 0 aliphatic carbocycles. The zero-order chi connectivity index (χ0) is 12.3. The number of halogens is 2. The standard InChI is InChI=1S/C10H20N4O2.2ClH/c1-7-6-13(2)3-4-14(7)10(16)8(11)5-9(12)15;;/h7-8H,3-6,11H2,1-2H3,(H2,12,15);2*1H. The monoisotopic (exact) mass is 300 g/mol. The lowest BCUT2D eigenvalue weighted by Gasteiger charge is -2.39. The molecule has 2 amide bonds. The van der Waals surface area contributed by atoms with Crippen LogP contribution in [0, 0.1) is 0 Å². The highest BCUT2D eigenvalue weighted by Gasteiger charge is 2.29. The maximum atomic E-state index is 11.9. The van der Waals surface area contributed by atoms with Crippen LogP contribution < -0.4 is 11.5 Å². The van der Waals surface area contributed by atoms with Gasteiger partial charge in [0.1, 0.15) is 0 Å². The van der Waals surface area contributed by atoms with Crippen LogP contribution in [0.15, 0.2) is 0 Å². The summed E-state index contributed by atoms with van der Waals surface area (Å²) in [5, 5.41) is 0. The van der Waals surface area contributed by atoms with Crippen LogP contribution in [0.5, 0.6) is 0 Å². The number of likely N-dealkylation sites (N-methyl/N-ethyl adjacent to an activating group) is 1. The van der Waals surface area contributed by atoms with Crippen LogP contribution in [0.25, 0.3) is 0 Å². The second-order valence-electron chi connectivity index (χ2n) is 4.42. The lowest BCUT2D eigenvalue weighted by atomic mass is 10.1. The highest BCUT2D eigenvalue weighted by Crippen LogP contribution is 2.09. The Bertz CT molecular complexity index is 291. The molecule has 1 saturated heterocycles.